The van der Waals surface area contributed by atoms with Crippen molar-refractivity contribution >= 4 is 12.2 Å². The van der Waals surface area contributed by atoms with Crippen LogP contribution in [0.2, 0.25) is 0 Å². The molecule has 2 aromatic heterocycles. The summed E-state index contributed by atoms with van der Waals surface area (Å²) in [6.45, 7) is 0.386. The molecule has 2 aromatic carbocycles. The maximum Gasteiger partial charge on any atom is 0.270 e. The van der Waals surface area contributed by atoms with Gasteiger partial charge in [-0.25, -0.2) is 10.4 Å². The van der Waals surface area contributed by atoms with Crippen LogP contribution in [0.4, 0.5) is 5.95 Å². The predicted molar refractivity (Wildman–Crippen MR) is 121 cm³/mol. The molecule has 2 N–H and O–H groups in total. The number of ether oxygens (including phenoxy) is 1. The number of aromatic amines is 1. The summed E-state index contributed by atoms with van der Waals surface area (Å²) in [5.74, 6) is 0.853. The van der Waals surface area contributed by atoms with Crippen LogP contribution in [0.15, 0.2) is 88.9 Å². The second-order valence-electron chi connectivity index (χ2n) is 6.66. The van der Waals surface area contributed by atoms with Gasteiger partial charge in [0.25, 0.3) is 5.56 Å². The highest BCUT2D eigenvalue weighted by molar-refractivity contribution is 5.80. The Morgan fingerprint density at radius 1 is 1.06 bits per heavy atom. The molecule has 0 spiro atoms. The molecular formula is C24H18N6O2. The number of nitrogens with zero attached hydrogens (tertiary/aromatic N) is 4. The number of pyridine rings is 1. The molecule has 4 aromatic rings. The van der Waals surface area contributed by atoms with Gasteiger partial charge >= 0.3 is 0 Å². The molecule has 0 amide bonds. The molecule has 0 saturated carbocycles. The van der Waals surface area contributed by atoms with Crippen molar-refractivity contribution in [2.75, 3.05) is 5.43 Å². The third-order valence-corrected chi connectivity index (χ3v) is 4.46. The van der Waals surface area contributed by atoms with Crippen LogP contribution in [0, 0.1) is 11.3 Å². The molecule has 0 unspecified atom stereocenters. The number of nitriles is 1. The van der Waals surface area contributed by atoms with E-state index in [4.69, 9.17) is 4.74 Å². The van der Waals surface area contributed by atoms with Crippen LogP contribution in [0.3, 0.4) is 0 Å². The van der Waals surface area contributed by atoms with E-state index in [1.807, 2.05) is 66.7 Å². The van der Waals surface area contributed by atoms with Crippen LogP contribution in [-0.2, 0) is 6.61 Å². The summed E-state index contributed by atoms with van der Waals surface area (Å²) in [5.41, 5.74) is 4.76. The van der Waals surface area contributed by atoms with E-state index in [1.54, 1.807) is 24.5 Å². The van der Waals surface area contributed by atoms with E-state index in [0.717, 1.165) is 11.3 Å². The highest BCUT2D eigenvalue weighted by Crippen LogP contribution is 2.19. The molecule has 2 heterocycles. The number of nitrogens with one attached hydrogen (secondary N) is 2. The second kappa shape index (κ2) is 9.82. The van der Waals surface area contributed by atoms with Crippen molar-refractivity contribution in [3.05, 3.63) is 106 Å². The smallest absolute Gasteiger partial charge is 0.270 e. The summed E-state index contributed by atoms with van der Waals surface area (Å²) in [7, 11) is 0. The molecule has 0 bridgehead atoms. The summed E-state index contributed by atoms with van der Waals surface area (Å²) in [5, 5.41) is 13.5. The summed E-state index contributed by atoms with van der Waals surface area (Å²) in [4.78, 5) is 23.4. The second-order valence-corrected chi connectivity index (χ2v) is 6.66. The predicted octanol–water partition coefficient (Wildman–Crippen LogP) is 3.73. The molecule has 8 nitrogen and oxygen atoms in total. The number of hydrazone groups is 1. The molecular weight excluding hydrogens is 404 g/mol. The highest BCUT2D eigenvalue weighted by Gasteiger charge is 2.12. The van der Waals surface area contributed by atoms with Gasteiger partial charge in [0.15, 0.2) is 0 Å². The third-order valence-electron chi connectivity index (χ3n) is 4.46. The van der Waals surface area contributed by atoms with Crippen LogP contribution < -0.4 is 15.7 Å². The van der Waals surface area contributed by atoms with Crippen LogP contribution >= 0.6 is 0 Å². The van der Waals surface area contributed by atoms with Crippen molar-refractivity contribution in [2.24, 2.45) is 5.10 Å². The number of hydrogen-bond acceptors (Lipinski definition) is 7. The standard InChI is InChI=1S/C24H18N6O2/c25-14-21-22(18-6-2-1-3-7-18)28-24(29-23(21)31)30-27-15-17-9-11-20(12-10-17)32-16-19-8-4-5-13-26-19/h1-13,15H,16H2,(H2,28,29,30,31). The minimum Gasteiger partial charge on any atom is -0.487 e. The molecule has 156 valence electrons. The monoisotopic (exact) mass is 422 g/mol. The van der Waals surface area contributed by atoms with E-state index in [2.05, 4.69) is 25.5 Å². The van der Waals surface area contributed by atoms with Crippen molar-refractivity contribution in [2.45, 2.75) is 6.61 Å². The zero-order chi connectivity index (χ0) is 22.2. The van der Waals surface area contributed by atoms with Crippen LogP contribution in [-0.4, -0.2) is 21.2 Å². The van der Waals surface area contributed by atoms with Gasteiger partial charge in [-0.2, -0.15) is 10.4 Å². The van der Waals surface area contributed by atoms with E-state index in [-0.39, 0.29) is 11.5 Å². The fourth-order valence-electron chi connectivity index (χ4n) is 2.89. The van der Waals surface area contributed by atoms with Gasteiger partial charge in [-0.3, -0.25) is 14.8 Å². The zero-order valence-corrected chi connectivity index (χ0v) is 16.9. The maximum absolute atomic E-state index is 12.3. The first-order chi connectivity index (χ1) is 15.7. The largest absolute Gasteiger partial charge is 0.487 e. The fraction of sp³-hybridized carbons (Fsp3) is 0.0417. The van der Waals surface area contributed by atoms with Gasteiger partial charge in [0.2, 0.25) is 5.95 Å². The number of hydrogen-bond donors (Lipinski definition) is 2. The van der Waals surface area contributed by atoms with E-state index in [9.17, 15) is 10.1 Å². The summed E-state index contributed by atoms with van der Waals surface area (Å²) in [6.07, 6.45) is 3.31. The molecule has 0 radical (unpaired) electrons. The quantitative estimate of drug-likeness (QED) is 0.346. The lowest BCUT2D eigenvalue weighted by Crippen LogP contribution is -2.16. The fourth-order valence-corrected chi connectivity index (χ4v) is 2.89. The van der Waals surface area contributed by atoms with Crippen molar-refractivity contribution in [3.63, 3.8) is 0 Å². The van der Waals surface area contributed by atoms with E-state index in [0.29, 0.717) is 23.6 Å². The maximum atomic E-state index is 12.3. The third kappa shape index (κ3) is 5.04. The van der Waals surface area contributed by atoms with Gasteiger partial charge in [-0.05, 0) is 42.0 Å². The van der Waals surface area contributed by atoms with Crippen molar-refractivity contribution in [1.29, 1.82) is 5.26 Å². The Bertz CT molecular complexity index is 1310. The molecule has 8 heteroatoms. The van der Waals surface area contributed by atoms with Crippen LogP contribution in [0.1, 0.15) is 16.8 Å². The molecule has 0 atom stereocenters. The van der Waals surface area contributed by atoms with Gasteiger partial charge in [0.1, 0.15) is 24.0 Å². The first kappa shape index (κ1) is 20.5. The first-order valence-electron chi connectivity index (χ1n) is 9.74. The lowest BCUT2D eigenvalue weighted by atomic mass is 10.1. The first-order valence-corrected chi connectivity index (χ1v) is 9.74. The minimum atomic E-state index is -0.534. The Labute approximate surface area is 183 Å². The molecule has 0 aliphatic rings. The summed E-state index contributed by atoms with van der Waals surface area (Å²) < 4.78 is 5.71. The Morgan fingerprint density at radius 2 is 1.84 bits per heavy atom. The molecule has 32 heavy (non-hydrogen) atoms. The highest BCUT2D eigenvalue weighted by atomic mass is 16.5. The van der Waals surface area contributed by atoms with Crippen molar-refractivity contribution in [1.82, 2.24) is 15.0 Å². The van der Waals surface area contributed by atoms with Gasteiger partial charge in [0.05, 0.1) is 17.6 Å². The minimum absolute atomic E-state index is 0.0491. The molecule has 0 saturated heterocycles. The van der Waals surface area contributed by atoms with E-state index in [1.165, 1.54) is 0 Å². The number of aromatic nitrogens is 3. The van der Waals surface area contributed by atoms with Crippen molar-refractivity contribution < 1.29 is 4.74 Å². The SMILES string of the molecule is N#Cc1c(-c2ccccc2)nc(NN=Cc2ccc(OCc3ccccn3)cc2)[nH]c1=O. The Hall–Kier alpha value is -4.77. The molecule has 0 aliphatic carbocycles. The average Bonchev–Trinajstić information content (AvgIpc) is 2.84. The van der Waals surface area contributed by atoms with Crippen molar-refractivity contribution in [3.8, 4) is 23.1 Å². The summed E-state index contributed by atoms with van der Waals surface area (Å²) in [6, 6.07) is 24.0. The number of H-pyrrole nitrogens is 1. The zero-order valence-electron chi connectivity index (χ0n) is 16.9. The van der Waals surface area contributed by atoms with Crippen LogP contribution in [0.25, 0.3) is 11.3 Å². The van der Waals surface area contributed by atoms with Gasteiger partial charge in [-0.15, -0.1) is 0 Å². The lowest BCUT2D eigenvalue weighted by Gasteiger charge is -2.06. The number of rotatable bonds is 7. The Morgan fingerprint density at radius 3 is 2.56 bits per heavy atom. The van der Waals surface area contributed by atoms with Crippen LogP contribution in [0.5, 0.6) is 5.75 Å². The van der Waals surface area contributed by atoms with Gasteiger partial charge in [0, 0.05) is 11.8 Å². The lowest BCUT2D eigenvalue weighted by molar-refractivity contribution is 0.301. The number of benzene rings is 2. The molecule has 4 rings (SSSR count). The average molecular weight is 422 g/mol. The van der Waals surface area contributed by atoms with Gasteiger partial charge < -0.3 is 4.74 Å². The van der Waals surface area contributed by atoms with E-state index >= 15 is 0 Å². The topological polar surface area (TPSA) is 116 Å². The molecule has 0 fully saturated rings. The Kier molecular flexibility index (Phi) is 6.29. The Balaban J connectivity index is 1.43. The van der Waals surface area contributed by atoms with Gasteiger partial charge in [-0.1, -0.05) is 36.4 Å². The van der Waals surface area contributed by atoms with E-state index < -0.39 is 5.56 Å². The summed E-state index contributed by atoms with van der Waals surface area (Å²) >= 11 is 0. The number of anilines is 1. The normalized spacial score (nSPS) is 10.6. The molecule has 0 aliphatic heterocycles.